The lowest BCUT2D eigenvalue weighted by molar-refractivity contribution is 0.00578. The highest BCUT2D eigenvalue weighted by atomic mass is 16.7. The molecule has 0 radical (unpaired) electrons. The molecule has 0 N–H and O–H groups in total. The van der Waals surface area contributed by atoms with Gasteiger partial charge in [0.2, 0.25) is 0 Å². The monoisotopic (exact) mass is 384 g/mol. The van der Waals surface area contributed by atoms with Gasteiger partial charge in [0.05, 0.1) is 22.4 Å². The first-order chi connectivity index (χ1) is 12.7. The van der Waals surface area contributed by atoms with Crippen LogP contribution in [-0.2, 0) is 18.6 Å². The topological polar surface area (TPSA) is 36.9 Å². The van der Waals surface area contributed by atoms with E-state index in [0.717, 1.165) is 5.56 Å². The highest BCUT2D eigenvalue weighted by Gasteiger charge is 2.61. The molecule has 28 heavy (non-hydrogen) atoms. The number of hydrogen-bond acceptors (Lipinski definition) is 4. The first-order valence-electron chi connectivity index (χ1n) is 10.2. The Balaban J connectivity index is 1.91. The predicted molar refractivity (Wildman–Crippen MR) is 116 cm³/mol. The van der Waals surface area contributed by atoms with Gasteiger partial charge in [-0.15, -0.1) is 0 Å². The van der Waals surface area contributed by atoms with Crippen LogP contribution in [0, 0.1) is 6.92 Å². The number of rotatable bonds is 4. The van der Waals surface area contributed by atoms with Crippen molar-refractivity contribution in [3.05, 3.63) is 41.5 Å². The third kappa shape index (κ3) is 3.97. The molecule has 0 saturated carbocycles. The van der Waals surface area contributed by atoms with E-state index >= 15 is 0 Å². The second kappa shape index (κ2) is 7.02. The van der Waals surface area contributed by atoms with Crippen molar-refractivity contribution in [3.63, 3.8) is 0 Å². The first kappa shape index (κ1) is 21.6. The van der Waals surface area contributed by atoms with Gasteiger partial charge in [0.1, 0.15) is 0 Å². The standard InChI is InChI=1S/C22H34B2O4/c1-16-11-10-12-17(15-16)13-14-18(23-25-19(2,3)20(4,5)26-23)24-27-21(6,7)22(8,9)28-24/h10-15,18H,1-9H3/b14-13+. The highest BCUT2D eigenvalue weighted by Crippen LogP contribution is 2.45. The quantitative estimate of drug-likeness (QED) is 0.677. The van der Waals surface area contributed by atoms with E-state index in [-0.39, 0.29) is 5.72 Å². The fourth-order valence-electron chi connectivity index (χ4n) is 3.40. The summed E-state index contributed by atoms with van der Waals surface area (Å²) < 4.78 is 25.4. The smallest absolute Gasteiger partial charge is 0.403 e. The van der Waals surface area contributed by atoms with E-state index < -0.39 is 36.6 Å². The minimum atomic E-state index is -0.444. The zero-order valence-electron chi connectivity index (χ0n) is 18.8. The number of aryl methyl sites for hydroxylation is 1. The molecule has 2 heterocycles. The second-order valence-corrected chi connectivity index (χ2v) is 10.1. The van der Waals surface area contributed by atoms with Gasteiger partial charge in [-0.1, -0.05) is 42.0 Å². The van der Waals surface area contributed by atoms with Crippen LogP contribution in [0.5, 0.6) is 0 Å². The fourth-order valence-corrected chi connectivity index (χ4v) is 3.40. The molecule has 1 aromatic rings. The van der Waals surface area contributed by atoms with Gasteiger partial charge in [-0.25, -0.2) is 0 Å². The van der Waals surface area contributed by atoms with Crippen LogP contribution in [0.3, 0.4) is 0 Å². The van der Waals surface area contributed by atoms with Gasteiger partial charge in [0, 0.05) is 5.72 Å². The molecule has 6 heteroatoms. The molecule has 0 aromatic heterocycles. The second-order valence-electron chi connectivity index (χ2n) is 10.1. The minimum absolute atomic E-state index is 0.192. The molecule has 3 rings (SSSR count). The van der Waals surface area contributed by atoms with Crippen molar-refractivity contribution in [2.45, 2.75) is 90.4 Å². The average molecular weight is 384 g/mol. The lowest BCUT2D eigenvalue weighted by atomic mass is 9.51. The van der Waals surface area contributed by atoms with Gasteiger partial charge in [0.15, 0.2) is 0 Å². The van der Waals surface area contributed by atoms with Crippen molar-refractivity contribution < 1.29 is 18.6 Å². The van der Waals surface area contributed by atoms with Crippen molar-refractivity contribution in [1.82, 2.24) is 0 Å². The maximum atomic E-state index is 6.35. The summed E-state index contributed by atoms with van der Waals surface area (Å²) in [6.07, 6.45) is 4.22. The van der Waals surface area contributed by atoms with Crippen molar-refractivity contribution in [3.8, 4) is 0 Å². The Morgan fingerprint density at radius 1 is 0.750 bits per heavy atom. The molecule has 0 atom stereocenters. The molecule has 2 aliphatic rings. The summed E-state index contributed by atoms with van der Waals surface area (Å²) in [6, 6.07) is 8.40. The molecule has 0 aliphatic carbocycles. The summed E-state index contributed by atoms with van der Waals surface area (Å²) >= 11 is 0. The third-order valence-electron chi connectivity index (χ3n) is 6.72. The van der Waals surface area contributed by atoms with Gasteiger partial charge in [-0.2, -0.15) is 0 Å². The third-order valence-corrected chi connectivity index (χ3v) is 6.72. The van der Waals surface area contributed by atoms with Gasteiger partial charge in [-0.3, -0.25) is 0 Å². The molecule has 2 saturated heterocycles. The highest BCUT2D eigenvalue weighted by molar-refractivity contribution is 6.69. The van der Waals surface area contributed by atoms with Crippen LogP contribution in [0.4, 0.5) is 0 Å². The van der Waals surface area contributed by atoms with E-state index in [1.54, 1.807) is 0 Å². The van der Waals surface area contributed by atoms with Crippen molar-refractivity contribution in [1.29, 1.82) is 0 Å². The lowest BCUT2D eigenvalue weighted by Gasteiger charge is -2.32. The van der Waals surface area contributed by atoms with Crippen LogP contribution in [0.25, 0.3) is 6.08 Å². The predicted octanol–water partition coefficient (Wildman–Crippen LogP) is 5.10. The van der Waals surface area contributed by atoms with Crippen molar-refractivity contribution in [2.24, 2.45) is 0 Å². The number of hydrogen-bond donors (Lipinski definition) is 0. The number of allylic oxidation sites excluding steroid dienone is 1. The molecule has 2 fully saturated rings. The van der Waals surface area contributed by atoms with E-state index in [1.165, 1.54) is 5.56 Å². The Hall–Kier alpha value is -1.07. The van der Waals surface area contributed by atoms with Crippen LogP contribution in [0.1, 0.15) is 66.5 Å². The van der Waals surface area contributed by atoms with E-state index in [4.69, 9.17) is 18.6 Å². The summed E-state index contributed by atoms with van der Waals surface area (Å²) in [6.45, 7) is 18.6. The maximum Gasteiger partial charge on any atom is 0.462 e. The molecule has 152 valence electrons. The lowest BCUT2D eigenvalue weighted by Crippen LogP contribution is -2.41. The molecule has 0 bridgehead atoms. The number of benzene rings is 1. The molecule has 0 unspecified atom stereocenters. The van der Waals surface area contributed by atoms with Crippen LogP contribution in [0.15, 0.2) is 30.3 Å². The molecule has 2 aliphatic heterocycles. The van der Waals surface area contributed by atoms with Crippen molar-refractivity contribution in [2.75, 3.05) is 0 Å². The summed E-state index contributed by atoms with van der Waals surface area (Å²) in [7, 11) is -0.887. The fraction of sp³-hybridized carbons (Fsp3) is 0.636. The molecule has 4 nitrogen and oxygen atoms in total. The van der Waals surface area contributed by atoms with E-state index in [1.807, 2.05) is 0 Å². The molecule has 0 amide bonds. The SMILES string of the molecule is Cc1cccc(/C=C/C(B2OC(C)(C)C(C)(C)O2)B2OC(C)(C)C(C)(C)O2)c1. The van der Waals surface area contributed by atoms with Crippen LogP contribution < -0.4 is 0 Å². The Bertz CT molecular complexity index is 687. The van der Waals surface area contributed by atoms with Gasteiger partial charge < -0.3 is 18.6 Å². The summed E-state index contributed by atoms with van der Waals surface area (Å²) in [5.41, 5.74) is 0.548. The van der Waals surface area contributed by atoms with Gasteiger partial charge >= 0.3 is 14.2 Å². The molecular formula is C22H34B2O4. The Labute approximate surface area is 171 Å². The normalized spacial score (nSPS) is 25.2. The van der Waals surface area contributed by atoms with Crippen LogP contribution in [0.2, 0.25) is 5.72 Å². The Kier molecular flexibility index (Phi) is 5.42. The summed E-state index contributed by atoms with van der Waals surface area (Å²) in [5.74, 6) is 0. The van der Waals surface area contributed by atoms with Gasteiger partial charge in [-0.05, 0) is 67.9 Å². The molecular weight excluding hydrogens is 350 g/mol. The molecule has 0 spiro atoms. The van der Waals surface area contributed by atoms with E-state index in [9.17, 15) is 0 Å². The Morgan fingerprint density at radius 3 is 1.57 bits per heavy atom. The summed E-state index contributed by atoms with van der Waals surface area (Å²) in [4.78, 5) is 0. The average Bonchev–Trinajstić information content (AvgIpc) is 2.87. The molecule has 1 aromatic carbocycles. The minimum Gasteiger partial charge on any atom is -0.403 e. The first-order valence-corrected chi connectivity index (χ1v) is 10.2. The zero-order chi connectivity index (χ0) is 21.0. The largest absolute Gasteiger partial charge is 0.462 e. The Morgan fingerprint density at radius 2 is 1.18 bits per heavy atom. The van der Waals surface area contributed by atoms with Crippen molar-refractivity contribution >= 4 is 20.3 Å². The van der Waals surface area contributed by atoms with Crippen LogP contribution in [-0.4, -0.2) is 36.6 Å². The van der Waals surface area contributed by atoms with E-state index in [2.05, 4.69) is 98.7 Å². The van der Waals surface area contributed by atoms with Gasteiger partial charge in [0.25, 0.3) is 0 Å². The maximum absolute atomic E-state index is 6.35. The zero-order valence-corrected chi connectivity index (χ0v) is 18.8. The summed E-state index contributed by atoms with van der Waals surface area (Å²) in [5, 5.41) is 0. The van der Waals surface area contributed by atoms with E-state index in [0.29, 0.717) is 0 Å². The van der Waals surface area contributed by atoms with Crippen LogP contribution >= 0.6 is 0 Å².